The van der Waals surface area contributed by atoms with E-state index in [-0.39, 0.29) is 18.5 Å². The number of hydrogen-bond donors (Lipinski definition) is 1. The second-order valence-electron chi connectivity index (χ2n) is 6.70. The van der Waals surface area contributed by atoms with Crippen molar-refractivity contribution in [1.82, 2.24) is 4.90 Å². The summed E-state index contributed by atoms with van der Waals surface area (Å²) in [5.41, 5.74) is 0.627. The minimum Gasteiger partial charge on any atom is -0.491 e. The molecular weight excluding hydrogens is 333 g/mol. The van der Waals surface area contributed by atoms with Crippen LogP contribution in [0.1, 0.15) is 18.4 Å². The molecule has 0 radical (unpaired) electrons. The Hall–Kier alpha value is -1.95. The van der Waals surface area contributed by atoms with Crippen LogP contribution >= 0.6 is 0 Å². The van der Waals surface area contributed by atoms with Crippen molar-refractivity contribution in [1.29, 1.82) is 0 Å². The predicted octanol–water partition coefficient (Wildman–Crippen LogP) is 3.25. The Labute approximate surface area is 154 Å². The Morgan fingerprint density at radius 2 is 1.92 bits per heavy atom. The largest absolute Gasteiger partial charge is 0.491 e. The lowest BCUT2D eigenvalue weighted by Gasteiger charge is -2.27. The van der Waals surface area contributed by atoms with Gasteiger partial charge in [0.05, 0.1) is 6.10 Å². The predicted molar refractivity (Wildman–Crippen MR) is 98.6 cm³/mol. The molecule has 140 valence electrons. The van der Waals surface area contributed by atoms with Crippen LogP contribution in [0.15, 0.2) is 54.6 Å². The number of benzene rings is 2. The Balaban J connectivity index is 1.57. The smallest absolute Gasteiger partial charge is 0.127 e. The number of aliphatic hydroxyl groups excluding tert-OH is 1. The zero-order valence-corrected chi connectivity index (χ0v) is 14.9. The van der Waals surface area contributed by atoms with Gasteiger partial charge in [0.2, 0.25) is 0 Å². The van der Waals surface area contributed by atoms with E-state index < -0.39 is 6.10 Å². The van der Waals surface area contributed by atoms with Crippen LogP contribution < -0.4 is 4.74 Å². The maximum absolute atomic E-state index is 14.0. The third-order valence-electron chi connectivity index (χ3n) is 4.49. The van der Waals surface area contributed by atoms with E-state index >= 15 is 0 Å². The van der Waals surface area contributed by atoms with Crippen molar-refractivity contribution in [2.45, 2.75) is 31.6 Å². The van der Waals surface area contributed by atoms with Gasteiger partial charge in [0.25, 0.3) is 0 Å². The molecule has 1 heterocycles. The van der Waals surface area contributed by atoms with E-state index in [0.29, 0.717) is 25.2 Å². The second-order valence-corrected chi connectivity index (χ2v) is 6.70. The molecule has 3 rings (SSSR count). The van der Waals surface area contributed by atoms with Crippen LogP contribution in [-0.4, -0.2) is 48.5 Å². The summed E-state index contributed by atoms with van der Waals surface area (Å²) < 4.78 is 25.4. The average molecular weight is 359 g/mol. The molecule has 4 nitrogen and oxygen atoms in total. The first-order valence-corrected chi connectivity index (χ1v) is 9.14. The molecule has 0 spiro atoms. The zero-order chi connectivity index (χ0) is 18.2. The Morgan fingerprint density at radius 1 is 1.15 bits per heavy atom. The van der Waals surface area contributed by atoms with E-state index in [9.17, 15) is 9.50 Å². The van der Waals surface area contributed by atoms with E-state index in [1.54, 1.807) is 12.1 Å². The molecular formula is C21H26FNO3. The lowest BCUT2D eigenvalue weighted by Crippen LogP contribution is -2.39. The van der Waals surface area contributed by atoms with Crippen LogP contribution in [0.3, 0.4) is 0 Å². The number of para-hydroxylation sites is 1. The second kappa shape index (κ2) is 9.67. The van der Waals surface area contributed by atoms with Crippen molar-refractivity contribution >= 4 is 0 Å². The van der Waals surface area contributed by atoms with E-state index in [2.05, 4.69) is 0 Å². The molecule has 1 aliphatic heterocycles. The fourth-order valence-corrected chi connectivity index (χ4v) is 3.21. The molecule has 0 bridgehead atoms. The molecule has 0 unspecified atom stereocenters. The third kappa shape index (κ3) is 5.80. The highest BCUT2D eigenvalue weighted by Crippen LogP contribution is 2.17. The van der Waals surface area contributed by atoms with Gasteiger partial charge >= 0.3 is 0 Å². The van der Waals surface area contributed by atoms with Crippen molar-refractivity contribution in [3.05, 3.63) is 66.0 Å². The monoisotopic (exact) mass is 359 g/mol. The summed E-state index contributed by atoms with van der Waals surface area (Å²) in [6, 6.07) is 16.2. The van der Waals surface area contributed by atoms with Crippen LogP contribution in [0.2, 0.25) is 0 Å². The number of halogens is 1. The molecule has 1 saturated heterocycles. The van der Waals surface area contributed by atoms with Crippen molar-refractivity contribution in [2.24, 2.45) is 0 Å². The Kier molecular flexibility index (Phi) is 7.00. The lowest BCUT2D eigenvalue weighted by atomic mass is 10.1. The van der Waals surface area contributed by atoms with Crippen molar-refractivity contribution in [3.8, 4) is 5.75 Å². The van der Waals surface area contributed by atoms with Gasteiger partial charge in [-0.2, -0.15) is 0 Å². The maximum atomic E-state index is 14.0. The molecule has 2 atom stereocenters. The molecule has 2 aromatic carbocycles. The summed E-state index contributed by atoms with van der Waals surface area (Å²) in [6.45, 7) is 2.49. The van der Waals surface area contributed by atoms with Gasteiger partial charge in [0, 0.05) is 31.8 Å². The molecule has 2 aromatic rings. The Morgan fingerprint density at radius 3 is 2.65 bits per heavy atom. The highest BCUT2D eigenvalue weighted by molar-refractivity contribution is 5.21. The summed E-state index contributed by atoms with van der Waals surface area (Å²) in [4.78, 5) is 2.05. The van der Waals surface area contributed by atoms with Crippen molar-refractivity contribution < 1.29 is 19.0 Å². The minimum atomic E-state index is -0.664. The molecule has 0 amide bonds. The summed E-state index contributed by atoms with van der Waals surface area (Å²) in [5.74, 6) is 0.506. The number of rotatable bonds is 9. The molecule has 0 saturated carbocycles. The van der Waals surface area contributed by atoms with E-state index in [1.165, 1.54) is 6.07 Å². The summed E-state index contributed by atoms with van der Waals surface area (Å²) >= 11 is 0. The fourth-order valence-electron chi connectivity index (χ4n) is 3.21. The van der Waals surface area contributed by atoms with Gasteiger partial charge in [-0.15, -0.1) is 0 Å². The van der Waals surface area contributed by atoms with Gasteiger partial charge in [-0.1, -0.05) is 36.4 Å². The molecule has 0 aliphatic carbocycles. The molecule has 26 heavy (non-hydrogen) atoms. The van der Waals surface area contributed by atoms with Gasteiger partial charge in [-0.05, 0) is 31.0 Å². The first kappa shape index (κ1) is 18.8. The van der Waals surface area contributed by atoms with Crippen molar-refractivity contribution in [2.75, 3.05) is 26.3 Å². The number of hydrogen-bond acceptors (Lipinski definition) is 4. The van der Waals surface area contributed by atoms with Gasteiger partial charge in [-0.25, -0.2) is 4.39 Å². The minimum absolute atomic E-state index is 0.143. The van der Waals surface area contributed by atoms with Crippen molar-refractivity contribution in [3.63, 3.8) is 0 Å². The van der Waals surface area contributed by atoms with Gasteiger partial charge in [0.15, 0.2) is 0 Å². The maximum Gasteiger partial charge on any atom is 0.127 e. The van der Waals surface area contributed by atoms with Gasteiger partial charge in [0.1, 0.15) is 24.3 Å². The van der Waals surface area contributed by atoms with Crippen LogP contribution in [0, 0.1) is 5.82 Å². The highest BCUT2D eigenvalue weighted by atomic mass is 19.1. The molecule has 1 aliphatic rings. The lowest BCUT2D eigenvalue weighted by molar-refractivity contribution is 0.0310. The molecule has 1 fully saturated rings. The number of ether oxygens (including phenoxy) is 2. The number of aliphatic hydroxyl groups is 1. The average Bonchev–Trinajstić information content (AvgIpc) is 3.16. The summed E-state index contributed by atoms with van der Waals surface area (Å²) in [7, 11) is 0. The standard InChI is InChI=1S/C21H26FNO3/c22-21-11-5-4-7-17(21)13-23(15-20-10-6-12-25-20)14-18(24)16-26-19-8-2-1-3-9-19/h1-5,7-9,11,18,20,24H,6,10,12-16H2/t18-,20-/m0/s1. The van der Waals surface area contributed by atoms with Gasteiger partial charge in [-0.3, -0.25) is 4.90 Å². The van der Waals surface area contributed by atoms with E-state index in [1.807, 2.05) is 41.3 Å². The quantitative estimate of drug-likeness (QED) is 0.746. The Bertz CT molecular complexity index is 661. The first-order valence-electron chi connectivity index (χ1n) is 9.14. The van der Waals surface area contributed by atoms with Crippen LogP contribution in [0.5, 0.6) is 5.75 Å². The summed E-state index contributed by atoms with van der Waals surface area (Å²) in [6.07, 6.45) is 1.54. The number of nitrogens with zero attached hydrogens (tertiary/aromatic N) is 1. The van der Waals surface area contributed by atoms with Gasteiger partial charge < -0.3 is 14.6 Å². The molecule has 1 N–H and O–H groups in total. The normalized spacial score (nSPS) is 18.2. The SMILES string of the molecule is O[C@H](COc1ccccc1)CN(Cc1ccccc1F)C[C@@H]1CCCO1. The van der Waals surface area contributed by atoms with Crippen LogP contribution in [-0.2, 0) is 11.3 Å². The topological polar surface area (TPSA) is 41.9 Å². The van der Waals surface area contributed by atoms with Crippen LogP contribution in [0.25, 0.3) is 0 Å². The highest BCUT2D eigenvalue weighted by Gasteiger charge is 2.22. The van der Waals surface area contributed by atoms with Crippen LogP contribution in [0.4, 0.5) is 4.39 Å². The fraction of sp³-hybridized carbons (Fsp3) is 0.429. The van der Waals surface area contributed by atoms with E-state index in [0.717, 1.165) is 25.2 Å². The third-order valence-corrected chi connectivity index (χ3v) is 4.49. The molecule has 0 aromatic heterocycles. The first-order chi connectivity index (χ1) is 12.7. The summed E-state index contributed by atoms with van der Waals surface area (Å²) in [5, 5.41) is 10.4. The molecule has 5 heteroatoms. The zero-order valence-electron chi connectivity index (χ0n) is 14.9. The van der Waals surface area contributed by atoms with E-state index in [4.69, 9.17) is 9.47 Å².